The van der Waals surface area contributed by atoms with Gasteiger partial charge in [0.25, 0.3) is 5.91 Å². The van der Waals surface area contributed by atoms with Gasteiger partial charge in [-0.3, -0.25) is 10.1 Å². The Labute approximate surface area is 130 Å². The number of carbonyl (C=O) groups excluding carboxylic acids is 1. The lowest BCUT2D eigenvalue weighted by atomic mass is 10.2. The van der Waals surface area contributed by atoms with Crippen LogP contribution in [-0.4, -0.2) is 25.6 Å². The van der Waals surface area contributed by atoms with Crippen LogP contribution in [0.2, 0.25) is 0 Å². The zero-order valence-electron chi connectivity index (χ0n) is 11.8. The lowest BCUT2D eigenvalue weighted by Crippen LogP contribution is -2.11. The SMILES string of the molecule is Cc1occc1C(=O)Nc1nc2ccc(S(C)(=O)=O)cc2s1. The zero-order valence-corrected chi connectivity index (χ0v) is 13.4. The van der Waals surface area contributed by atoms with Crippen molar-refractivity contribution in [2.24, 2.45) is 0 Å². The van der Waals surface area contributed by atoms with Gasteiger partial charge in [-0.1, -0.05) is 11.3 Å². The number of benzene rings is 1. The van der Waals surface area contributed by atoms with Crippen molar-refractivity contribution in [2.75, 3.05) is 11.6 Å². The number of fused-ring (bicyclic) bond motifs is 1. The Morgan fingerprint density at radius 2 is 2.09 bits per heavy atom. The first-order chi connectivity index (χ1) is 10.3. The first kappa shape index (κ1) is 14.7. The van der Waals surface area contributed by atoms with E-state index in [1.165, 1.54) is 23.7 Å². The Morgan fingerprint density at radius 3 is 2.73 bits per heavy atom. The lowest BCUT2D eigenvalue weighted by molar-refractivity contribution is 0.102. The average molecular weight is 336 g/mol. The van der Waals surface area contributed by atoms with Gasteiger partial charge in [0, 0.05) is 6.26 Å². The molecule has 2 aromatic heterocycles. The second-order valence-electron chi connectivity index (χ2n) is 4.77. The minimum Gasteiger partial charge on any atom is -0.469 e. The van der Waals surface area contributed by atoms with E-state index in [9.17, 15) is 13.2 Å². The van der Waals surface area contributed by atoms with Crippen molar-refractivity contribution in [3.05, 3.63) is 41.9 Å². The molecule has 114 valence electrons. The summed E-state index contributed by atoms with van der Waals surface area (Å²) in [5.41, 5.74) is 1.08. The van der Waals surface area contributed by atoms with E-state index in [0.717, 1.165) is 6.26 Å². The van der Waals surface area contributed by atoms with Crippen molar-refractivity contribution >= 4 is 42.4 Å². The molecule has 0 radical (unpaired) electrons. The molecular weight excluding hydrogens is 324 g/mol. The summed E-state index contributed by atoms with van der Waals surface area (Å²) in [6.07, 6.45) is 2.60. The molecule has 0 bridgehead atoms. The van der Waals surface area contributed by atoms with Crippen LogP contribution in [0.4, 0.5) is 5.13 Å². The predicted molar refractivity (Wildman–Crippen MR) is 84.1 cm³/mol. The van der Waals surface area contributed by atoms with E-state index in [-0.39, 0.29) is 10.8 Å². The highest BCUT2D eigenvalue weighted by Crippen LogP contribution is 2.28. The van der Waals surface area contributed by atoms with Crippen molar-refractivity contribution in [3.63, 3.8) is 0 Å². The van der Waals surface area contributed by atoms with E-state index in [0.29, 0.717) is 26.7 Å². The number of anilines is 1. The average Bonchev–Trinajstić information content (AvgIpc) is 3.01. The van der Waals surface area contributed by atoms with Crippen LogP contribution in [0.5, 0.6) is 0 Å². The number of furan rings is 1. The molecule has 0 unspecified atom stereocenters. The molecule has 0 saturated carbocycles. The number of thiazole rings is 1. The monoisotopic (exact) mass is 336 g/mol. The predicted octanol–water partition coefficient (Wildman–Crippen LogP) is 2.85. The summed E-state index contributed by atoms with van der Waals surface area (Å²) in [5.74, 6) is 0.214. The molecule has 8 heteroatoms. The van der Waals surface area contributed by atoms with Crippen LogP contribution in [0.3, 0.4) is 0 Å². The molecule has 0 fully saturated rings. The standard InChI is InChI=1S/C14H12N2O4S2/c1-8-10(5-6-20-8)13(17)16-14-15-11-4-3-9(22(2,18)19)7-12(11)21-14/h3-7H,1-2H3,(H,15,16,17). The molecule has 0 atom stereocenters. The molecule has 0 saturated heterocycles. The molecule has 3 rings (SSSR count). The van der Waals surface area contributed by atoms with Gasteiger partial charge in [-0.2, -0.15) is 0 Å². The Balaban J connectivity index is 1.93. The summed E-state index contributed by atoms with van der Waals surface area (Å²) in [6.45, 7) is 1.70. The van der Waals surface area contributed by atoms with Crippen molar-refractivity contribution in [1.29, 1.82) is 0 Å². The van der Waals surface area contributed by atoms with Gasteiger partial charge in [0.1, 0.15) is 5.76 Å². The van der Waals surface area contributed by atoms with Crippen LogP contribution in [0.1, 0.15) is 16.1 Å². The van der Waals surface area contributed by atoms with Gasteiger partial charge in [-0.05, 0) is 31.2 Å². The molecular formula is C14H12N2O4S2. The smallest absolute Gasteiger partial charge is 0.260 e. The van der Waals surface area contributed by atoms with Crippen molar-refractivity contribution in [3.8, 4) is 0 Å². The molecule has 0 aliphatic rings. The molecule has 22 heavy (non-hydrogen) atoms. The maximum Gasteiger partial charge on any atom is 0.260 e. The van der Waals surface area contributed by atoms with Crippen LogP contribution >= 0.6 is 11.3 Å². The Morgan fingerprint density at radius 1 is 1.32 bits per heavy atom. The number of nitrogens with one attached hydrogen (secondary N) is 1. The van der Waals surface area contributed by atoms with E-state index in [4.69, 9.17) is 4.42 Å². The number of amides is 1. The summed E-state index contributed by atoms with van der Waals surface area (Å²) in [5, 5.41) is 3.10. The summed E-state index contributed by atoms with van der Waals surface area (Å²) in [4.78, 5) is 16.6. The van der Waals surface area contributed by atoms with Crippen LogP contribution in [0.15, 0.2) is 39.8 Å². The molecule has 2 heterocycles. The number of sulfone groups is 1. The maximum atomic E-state index is 12.1. The third kappa shape index (κ3) is 2.75. The van der Waals surface area contributed by atoms with E-state index in [1.54, 1.807) is 25.1 Å². The lowest BCUT2D eigenvalue weighted by Gasteiger charge is -1.98. The van der Waals surface area contributed by atoms with Gasteiger partial charge in [0.2, 0.25) is 0 Å². The fourth-order valence-electron chi connectivity index (χ4n) is 1.97. The first-order valence-corrected chi connectivity index (χ1v) is 9.01. The molecule has 3 aromatic rings. The first-order valence-electron chi connectivity index (χ1n) is 6.31. The van der Waals surface area contributed by atoms with E-state index < -0.39 is 9.84 Å². The van der Waals surface area contributed by atoms with Crippen molar-refractivity contribution in [2.45, 2.75) is 11.8 Å². The number of nitrogens with zero attached hydrogens (tertiary/aromatic N) is 1. The quantitative estimate of drug-likeness (QED) is 0.794. The minimum atomic E-state index is -3.27. The topological polar surface area (TPSA) is 89.3 Å². The van der Waals surface area contributed by atoms with Crippen molar-refractivity contribution in [1.82, 2.24) is 4.98 Å². The van der Waals surface area contributed by atoms with E-state index >= 15 is 0 Å². The molecule has 1 aromatic carbocycles. The third-order valence-corrected chi connectivity index (χ3v) is 5.16. The number of rotatable bonds is 3. The molecule has 1 N–H and O–H groups in total. The van der Waals surface area contributed by atoms with E-state index in [2.05, 4.69) is 10.3 Å². The number of aryl methyl sites for hydroxylation is 1. The Hall–Kier alpha value is -2.19. The number of aromatic nitrogens is 1. The number of hydrogen-bond donors (Lipinski definition) is 1. The molecule has 0 spiro atoms. The zero-order chi connectivity index (χ0) is 15.9. The Bertz CT molecular complexity index is 970. The number of carbonyl (C=O) groups is 1. The van der Waals surface area contributed by atoms with Crippen LogP contribution in [-0.2, 0) is 9.84 Å². The summed E-state index contributed by atoms with van der Waals surface area (Å²) >= 11 is 1.22. The van der Waals surface area contributed by atoms with Crippen LogP contribution in [0.25, 0.3) is 10.2 Å². The number of hydrogen-bond acceptors (Lipinski definition) is 6. The second kappa shape index (κ2) is 5.22. The fraction of sp³-hybridized carbons (Fsp3) is 0.143. The third-order valence-electron chi connectivity index (χ3n) is 3.11. The molecule has 1 amide bonds. The normalized spacial score (nSPS) is 11.7. The van der Waals surface area contributed by atoms with Crippen LogP contribution < -0.4 is 5.32 Å². The highest BCUT2D eigenvalue weighted by molar-refractivity contribution is 7.90. The largest absolute Gasteiger partial charge is 0.469 e. The highest BCUT2D eigenvalue weighted by atomic mass is 32.2. The minimum absolute atomic E-state index is 0.229. The molecule has 6 nitrogen and oxygen atoms in total. The summed E-state index contributed by atoms with van der Waals surface area (Å²) in [7, 11) is -3.27. The summed E-state index contributed by atoms with van der Waals surface area (Å²) in [6, 6.07) is 6.27. The van der Waals surface area contributed by atoms with Gasteiger partial charge in [-0.25, -0.2) is 13.4 Å². The van der Waals surface area contributed by atoms with Gasteiger partial charge in [0.05, 0.1) is 26.9 Å². The van der Waals surface area contributed by atoms with Crippen molar-refractivity contribution < 1.29 is 17.6 Å². The van der Waals surface area contributed by atoms with E-state index in [1.807, 2.05) is 0 Å². The maximum absolute atomic E-state index is 12.1. The summed E-state index contributed by atoms with van der Waals surface area (Å²) < 4.78 is 28.9. The van der Waals surface area contributed by atoms with Gasteiger partial charge in [-0.15, -0.1) is 0 Å². The molecule has 0 aliphatic carbocycles. The highest BCUT2D eigenvalue weighted by Gasteiger charge is 2.15. The second-order valence-corrected chi connectivity index (χ2v) is 7.81. The Kier molecular flexibility index (Phi) is 3.50. The van der Waals surface area contributed by atoms with Gasteiger partial charge < -0.3 is 4.42 Å². The molecule has 0 aliphatic heterocycles. The van der Waals surface area contributed by atoms with Gasteiger partial charge in [0.15, 0.2) is 15.0 Å². The van der Waals surface area contributed by atoms with Crippen LogP contribution in [0, 0.1) is 6.92 Å². The fourth-order valence-corrected chi connectivity index (χ4v) is 3.60. The van der Waals surface area contributed by atoms with Gasteiger partial charge >= 0.3 is 0 Å².